The first kappa shape index (κ1) is 29.9. The van der Waals surface area contributed by atoms with E-state index in [9.17, 15) is 18.0 Å². The molecule has 0 radical (unpaired) electrons. The number of rotatable bonds is 11. The molecule has 1 heterocycles. The van der Waals surface area contributed by atoms with E-state index in [1.807, 2.05) is 50.2 Å². The SMILES string of the molecule is CC(=O)N(CCS(=O)(=O)NC(=O)c1[nH]c2ccccc2c1CCCOc1cc(C)c(Cl)c(C)c1)C1CCCCC1. The van der Waals surface area contributed by atoms with E-state index < -0.39 is 15.9 Å². The molecule has 2 N–H and O–H groups in total. The van der Waals surface area contributed by atoms with Gasteiger partial charge in [-0.2, -0.15) is 0 Å². The maximum absolute atomic E-state index is 13.2. The van der Waals surface area contributed by atoms with Crippen molar-refractivity contribution in [1.82, 2.24) is 14.6 Å². The fourth-order valence-electron chi connectivity index (χ4n) is 5.53. The number of aromatic nitrogens is 1. The minimum absolute atomic E-state index is 0.0559. The van der Waals surface area contributed by atoms with Gasteiger partial charge in [-0.3, -0.25) is 9.59 Å². The first-order valence-electron chi connectivity index (χ1n) is 13.9. The van der Waals surface area contributed by atoms with Crippen LogP contribution in [0.3, 0.4) is 0 Å². The number of carbonyl (C=O) groups is 2. The number of para-hydroxylation sites is 1. The number of aromatic amines is 1. The highest BCUT2D eigenvalue weighted by Gasteiger charge is 2.27. The Labute approximate surface area is 241 Å². The van der Waals surface area contributed by atoms with Gasteiger partial charge in [-0.05, 0) is 74.4 Å². The average Bonchev–Trinajstić information content (AvgIpc) is 3.28. The second-order valence-corrected chi connectivity index (χ2v) is 12.8. The molecule has 0 aliphatic heterocycles. The van der Waals surface area contributed by atoms with Crippen LogP contribution >= 0.6 is 11.6 Å². The summed E-state index contributed by atoms with van der Waals surface area (Å²) in [4.78, 5) is 30.2. The van der Waals surface area contributed by atoms with Crippen molar-refractivity contribution in [1.29, 1.82) is 0 Å². The lowest BCUT2D eigenvalue weighted by molar-refractivity contribution is -0.131. The molecule has 216 valence electrons. The summed E-state index contributed by atoms with van der Waals surface area (Å²) in [5.41, 5.74) is 3.60. The van der Waals surface area contributed by atoms with Gasteiger partial charge in [-0.25, -0.2) is 13.1 Å². The van der Waals surface area contributed by atoms with Crippen molar-refractivity contribution in [3.05, 3.63) is 63.8 Å². The Kier molecular flexibility index (Phi) is 9.79. The number of hydrogen-bond donors (Lipinski definition) is 2. The number of fused-ring (bicyclic) bond motifs is 1. The topological polar surface area (TPSA) is 109 Å². The molecule has 8 nitrogen and oxygen atoms in total. The highest BCUT2D eigenvalue weighted by molar-refractivity contribution is 7.90. The first-order valence-corrected chi connectivity index (χ1v) is 15.9. The van der Waals surface area contributed by atoms with E-state index in [0.29, 0.717) is 19.4 Å². The fraction of sp³-hybridized carbons (Fsp3) is 0.467. The molecule has 1 aliphatic rings. The quantitative estimate of drug-likeness (QED) is 0.280. The van der Waals surface area contributed by atoms with Crippen LogP contribution in [0.4, 0.5) is 0 Å². The van der Waals surface area contributed by atoms with Crippen LogP contribution in [0.5, 0.6) is 5.75 Å². The summed E-state index contributed by atoms with van der Waals surface area (Å²) in [6.07, 6.45) is 6.09. The molecule has 0 unspecified atom stereocenters. The van der Waals surface area contributed by atoms with Gasteiger partial charge in [-0.1, -0.05) is 49.1 Å². The van der Waals surface area contributed by atoms with Gasteiger partial charge in [0.1, 0.15) is 11.4 Å². The third kappa shape index (κ3) is 7.37. The van der Waals surface area contributed by atoms with Gasteiger partial charge < -0.3 is 14.6 Å². The third-order valence-corrected chi connectivity index (χ3v) is 9.37. The van der Waals surface area contributed by atoms with Crippen LogP contribution < -0.4 is 9.46 Å². The zero-order valence-corrected chi connectivity index (χ0v) is 25.0. The summed E-state index contributed by atoms with van der Waals surface area (Å²) >= 11 is 6.25. The summed E-state index contributed by atoms with van der Waals surface area (Å²) in [6.45, 7) is 5.81. The molecular weight excluding hydrogens is 550 g/mol. The van der Waals surface area contributed by atoms with Crippen molar-refractivity contribution < 1.29 is 22.7 Å². The van der Waals surface area contributed by atoms with E-state index >= 15 is 0 Å². The number of hydrogen-bond acceptors (Lipinski definition) is 5. The maximum atomic E-state index is 13.2. The lowest BCUT2D eigenvalue weighted by atomic mass is 9.94. The van der Waals surface area contributed by atoms with Gasteiger partial charge in [0.05, 0.1) is 12.4 Å². The highest BCUT2D eigenvalue weighted by atomic mass is 35.5. The van der Waals surface area contributed by atoms with E-state index in [-0.39, 0.29) is 29.9 Å². The summed E-state index contributed by atoms with van der Waals surface area (Å²) in [6, 6.07) is 11.4. The molecule has 1 aromatic heterocycles. The maximum Gasteiger partial charge on any atom is 0.281 e. The molecule has 0 spiro atoms. The van der Waals surface area contributed by atoms with Crippen LogP contribution in [0.2, 0.25) is 5.02 Å². The lowest BCUT2D eigenvalue weighted by Gasteiger charge is -2.33. The summed E-state index contributed by atoms with van der Waals surface area (Å²) < 4.78 is 34.0. The van der Waals surface area contributed by atoms with Crippen molar-refractivity contribution >= 4 is 44.3 Å². The van der Waals surface area contributed by atoms with Crippen molar-refractivity contribution in [2.75, 3.05) is 18.9 Å². The monoisotopic (exact) mass is 587 g/mol. The van der Waals surface area contributed by atoms with Gasteiger partial charge in [0, 0.05) is 35.4 Å². The van der Waals surface area contributed by atoms with Crippen LogP contribution in [0.25, 0.3) is 10.9 Å². The molecule has 4 rings (SSSR count). The number of nitrogens with zero attached hydrogens (tertiary/aromatic N) is 1. The van der Waals surface area contributed by atoms with E-state index in [2.05, 4.69) is 9.71 Å². The van der Waals surface area contributed by atoms with Gasteiger partial charge in [0.15, 0.2) is 0 Å². The molecule has 2 amide bonds. The third-order valence-electron chi connectivity index (χ3n) is 7.56. The number of H-pyrrole nitrogens is 1. The second kappa shape index (κ2) is 13.1. The Morgan fingerprint density at radius 1 is 1.10 bits per heavy atom. The number of amides is 2. The lowest BCUT2D eigenvalue weighted by Crippen LogP contribution is -2.44. The van der Waals surface area contributed by atoms with Gasteiger partial charge in [0.2, 0.25) is 15.9 Å². The number of nitrogens with one attached hydrogen (secondary N) is 2. The smallest absolute Gasteiger partial charge is 0.281 e. The Balaban J connectivity index is 1.42. The first-order chi connectivity index (χ1) is 19.1. The number of ether oxygens (including phenoxy) is 1. The largest absolute Gasteiger partial charge is 0.494 e. The van der Waals surface area contributed by atoms with E-state index in [1.54, 1.807) is 4.90 Å². The average molecular weight is 588 g/mol. The summed E-state index contributed by atoms with van der Waals surface area (Å²) in [5.74, 6) is -0.450. The second-order valence-electron chi connectivity index (χ2n) is 10.6. The standard InChI is InChI=1S/C30H38ClN3O5S/c1-20-18-24(19-21(2)28(20)31)39-16-9-13-26-25-12-7-8-14-27(25)32-29(26)30(36)33-40(37,38)17-15-34(22(3)35)23-10-5-4-6-11-23/h7-8,12,14,18-19,23,32H,4-6,9-11,13,15-17H2,1-3H3,(H,33,36). The number of aryl methyl sites for hydroxylation is 3. The zero-order valence-electron chi connectivity index (χ0n) is 23.4. The molecule has 3 aromatic rings. The van der Waals surface area contributed by atoms with Crippen molar-refractivity contribution in [3.8, 4) is 5.75 Å². The van der Waals surface area contributed by atoms with Crippen molar-refractivity contribution in [2.45, 2.75) is 71.8 Å². The van der Waals surface area contributed by atoms with E-state index in [0.717, 1.165) is 70.5 Å². The molecule has 0 bridgehead atoms. The number of carbonyl (C=O) groups excluding carboxylic acids is 2. The zero-order chi connectivity index (χ0) is 28.9. The Morgan fingerprint density at radius 3 is 2.45 bits per heavy atom. The van der Waals surface area contributed by atoms with Crippen LogP contribution in [0.15, 0.2) is 36.4 Å². The Hall–Kier alpha value is -3.04. The molecule has 1 fully saturated rings. The molecular formula is C30H38ClN3O5S. The minimum Gasteiger partial charge on any atom is -0.494 e. The number of halogens is 1. The summed E-state index contributed by atoms with van der Waals surface area (Å²) in [5, 5.41) is 1.59. The highest BCUT2D eigenvalue weighted by Crippen LogP contribution is 2.27. The van der Waals surface area contributed by atoms with Crippen molar-refractivity contribution in [3.63, 3.8) is 0 Å². The van der Waals surface area contributed by atoms with E-state index in [1.165, 1.54) is 6.92 Å². The minimum atomic E-state index is -3.97. The molecule has 2 aromatic carbocycles. The van der Waals surface area contributed by atoms with Gasteiger partial charge >= 0.3 is 0 Å². The van der Waals surface area contributed by atoms with Crippen LogP contribution in [-0.2, 0) is 21.2 Å². The predicted molar refractivity (Wildman–Crippen MR) is 159 cm³/mol. The van der Waals surface area contributed by atoms with Crippen LogP contribution in [-0.4, -0.2) is 55.1 Å². The van der Waals surface area contributed by atoms with E-state index in [4.69, 9.17) is 16.3 Å². The molecule has 0 atom stereocenters. The molecule has 40 heavy (non-hydrogen) atoms. The summed E-state index contributed by atoms with van der Waals surface area (Å²) in [7, 11) is -3.97. The fourth-order valence-corrected chi connectivity index (χ4v) is 6.57. The molecule has 1 saturated carbocycles. The predicted octanol–water partition coefficient (Wildman–Crippen LogP) is 5.69. The van der Waals surface area contributed by atoms with Crippen LogP contribution in [0.1, 0.15) is 72.6 Å². The van der Waals surface area contributed by atoms with Crippen molar-refractivity contribution in [2.24, 2.45) is 0 Å². The number of sulfonamides is 1. The Bertz CT molecular complexity index is 1450. The van der Waals surface area contributed by atoms with Crippen LogP contribution in [0, 0.1) is 13.8 Å². The number of benzene rings is 2. The normalized spacial score (nSPS) is 14.3. The van der Waals surface area contributed by atoms with Gasteiger partial charge in [0.25, 0.3) is 5.91 Å². The molecule has 1 aliphatic carbocycles. The molecule has 10 heteroatoms. The van der Waals surface area contributed by atoms with Gasteiger partial charge in [-0.15, -0.1) is 0 Å². The molecule has 0 saturated heterocycles. The Morgan fingerprint density at radius 2 is 1.77 bits per heavy atom.